The van der Waals surface area contributed by atoms with Crippen molar-refractivity contribution in [3.05, 3.63) is 62.8 Å². The summed E-state index contributed by atoms with van der Waals surface area (Å²) in [7, 11) is 0. The van der Waals surface area contributed by atoms with Gasteiger partial charge in [0.2, 0.25) is 5.91 Å². The molecule has 0 aliphatic rings. The van der Waals surface area contributed by atoms with E-state index in [-0.39, 0.29) is 10.7 Å². The van der Waals surface area contributed by atoms with Crippen LogP contribution in [0.3, 0.4) is 0 Å². The van der Waals surface area contributed by atoms with Crippen LogP contribution in [0.4, 0.5) is 0 Å². The van der Waals surface area contributed by atoms with Gasteiger partial charge in [0.05, 0.1) is 6.54 Å². The number of amides is 1. The number of rotatable bonds is 4. The van der Waals surface area contributed by atoms with E-state index in [9.17, 15) is 9.59 Å². The Morgan fingerprint density at radius 3 is 2.55 bits per heavy atom. The van der Waals surface area contributed by atoms with Gasteiger partial charge in [-0.05, 0) is 17.7 Å². The normalized spacial score (nSPS) is 10.5. The van der Waals surface area contributed by atoms with Crippen LogP contribution >= 0.6 is 11.6 Å². The largest absolute Gasteiger partial charge is 0.366 e. The zero-order valence-electron chi connectivity index (χ0n) is 11.0. The van der Waals surface area contributed by atoms with Gasteiger partial charge in [-0.3, -0.25) is 14.2 Å². The fourth-order valence-corrected chi connectivity index (χ4v) is 2.11. The van der Waals surface area contributed by atoms with Crippen molar-refractivity contribution < 1.29 is 4.79 Å². The molecule has 2 rings (SSSR count). The molecule has 0 aliphatic heterocycles. The molecule has 2 aromatic rings. The molecule has 20 heavy (non-hydrogen) atoms. The number of carbonyl (C=O) groups excluding carboxylic acids is 1. The maximum Gasteiger partial charge on any atom is 0.255 e. The van der Waals surface area contributed by atoms with Crippen molar-refractivity contribution in [3.63, 3.8) is 0 Å². The summed E-state index contributed by atoms with van der Waals surface area (Å²) < 4.78 is 1.56. The molecule has 0 saturated carbocycles. The van der Waals surface area contributed by atoms with Crippen LogP contribution in [0.1, 0.15) is 28.7 Å². The zero-order chi connectivity index (χ0) is 14.7. The maximum atomic E-state index is 12.0. The summed E-state index contributed by atoms with van der Waals surface area (Å²) >= 11 is 5.78. The summed E-state index contributed by atoms with van der Waals surface area (Å²) in [6, 6.07) is 8.09. The molecule has 1 heterocycles. The topological polar surface area (TPSA) is 78.0 Å². The van der Waals surface area contributed by atoms with Crippen molar-refractivity contribution in [1.29, 1.82) is 0 Å². The number of halogens is 1. The number of benzene rings is 1. The van der Waals surface area contributed by atoms with E-state index in [1.807, 2.05) is 6.92 Å². The summed E-state index contributed by atoms with van der Waals surface area (Å²) in [5.74, 6) is 0.151. The third kappa shape index (κ3) is 3.05. The van der Waals surface area contributed by atoms with E-state index in [0.29, 0.717) is 24.4 Å². The molecular formula is C14H14ClN3O2. The Bertz CT molecular complexity index is 693. The van der Waals surface area contributed by atoms with Crippen LogP contribution in [-0.2, 0) is 13.0 Å². The van der Waals surface area contributed by atoms with Crippen molar-refractivity contribution in [2.45, 2.75) is 19.9 Å². The number of nitrogens with zero attached hydrogens (tertiary/aromatic N) is 2. The van der Waals surface area contributed by atoms with E-state index in [1.54, 1.807) is 28.8 Å². The molecule has 0 saturated heterocycles. The van der Waals surface area contributed by atoms with Gasteiger partial charge in [0.1, 0.15) is 11.0 Å². The third-order valence-electron chi connectivity index (χ3n) is 2.95. The molecule has 1 aromatic heterocycles. The fraction of sp³-hybridized carbons (Fsp3) is 0.214. The molecule has 0 unspecified atom stereocenters. The average Bonchev–Trinajstić information content (AvgIpc) is 2.42. The number of hydrogen-bond acceptors (Lipinski definition) is 3. The van der Waals surface area contributed by atoms with Crippen molar-refractivity contribution >= 4 is 17.5 Å². The predicted octanol–water partition coefficient (Wildman–Crippen LogP) is 1.61. The number of nitrogens with two attached hydrogens (primary N) is 1. The summed E-state index contributed by atoms with van der Waals surface area (Å²) in [6.45, 7) is 2.29. The van der Waals surface area contributed by atoms with E-state index in [2.05, 4.69) is 4.98 Å². The average molecular weight is 292 g/mol. The molecule has 0 fully saturated rings. The van der Waals surface area contributed by atoms with Crippen molar-refractivity contribution in [1.82, 2.24) is 9.55 Å². The van der Waals surface area contributed by atoms with Crippen LogP contribution in [0, 0.1) is 0 Å². The SMILES string of the molecule is CCc1nc(Cl)cc(=O)n1Cc1ccc(C(N)=O)cc1. The number of primary amides is 1. The van der Waals surface area contributed by atoms with Gasteiger partial charge < -0.3 is 5.73 Å². The Morgan fingerprint density at radius 1 is 1.35 bits per heavy atom. The molecule has 0 aliphatic carbocycles. The minimum Gasteiger partial charge on any atom is -0.366 e. The van der Waals surface area contributed by atoms with Gasteiger partial charge >= 0.3 is 0 Å². The van der Waals surface area contributed by atoms with Gasteiger partial charge in [-0.15, -0.1) is 0 Å². The Morgan fingerprint density at radius 2 is 2.00 bits per heavy atom. The first-order valence-corrected chi connectivity index (χ1v) is 6.54. The Hall–Kier alpha value is -2.14. The third-order valence-corrected chi connectivity index (χ3v) is 3.15. The number of aromatic nitrogens is 2. The van der Waals surface area contributed by atoms with Crippen LogP contribution < -0.4 is 11.3 Å². The lowest BCUT2D eigenvalue weighted by Crippen LogP contribution is -2.24. The minimum absolute atomic E-state index is 0.194. The van der Waals surface area contributed by atoms with Gasteiger partial charge in [-0.1, -0.05) is 30.7 Å². The number of aryl methyl sites for hydroxylation is 1. The highest BCUT2D eigenvalue weighted by Gasteiger charge is 2.07. The predicted molar refractivity (Wildman–Crippen MR) is 76.9 cm³/mol. The molecular weight excluding hydrogens is 278 g/mol. The van der Waals surface area contributed by atoms with E-state index < -0.39 is 5.91 Å². The standard InChI is InChI=1S/C14H14ClN3O2/c1-2-12-17-11(15)7-13(19)18(12)8-9-3-5-10(6-4-9)14(16)20/h3-7H,2,8H2,1H3,(H2,16,20). The van der Waals surface area contributed by atoms with Crippen LogP contribution in [0.2, 0.25) is 5.15 Å². The fourth-order valence-electron chi connectivity index (χ4n) is 1.92. The van der Waals surface area contributed by atoms with Crippen molar-refractivity contribution in [2.75, 3.05) is 0 Å². The van der Waals surface area contributed by atoms with Gasteiger partial charge in [0.25, 0.3) is 5.56 Å². The van der Waals surface area contributed by atoms with Gasteiger partial charge in [0, 0.05) is 18.1 Å². The second-order valence-electron chi connectivity index (χ2n) is 4.33. The summed E-state index contributed by atoms with van der Waals surface area (Å²) in [5, 5.41) is 0.201. The summed E-state index contributed by atoms with van der Waals surface area (Å²) in [6.07, 6.45) is 0.606. The molecule has 1 aromatic carbocycles. The maximum absolute atomic E-state index is 12.0. The van der Waals surface area contributed by atoms with Crippen LogP contribution in [0.5, 0.6) is 0 Å². The highest BCUT2D eigenvalue weighted by molar-refractivity contribution is 6.29. The molecule has 2 N–H and O–H groups in total. The van der Waals surface area contributed by atoms with Gasteiger partial charge in [0.15, 0.2) is 0 Å². The monoisotopic (exact) mass is 291 g/mol. The first-order chi connectivity index (χ1) is 9.51. The second-order valence-corrected chi connectivity index (χ2v) is 4.72. The summed E-state index contributed by atoms with van der Waals surface area (Å²) in [5.41, 5.74) is 6.31. The smallest absolute Gasteiger partial charge is 0.255 e. The lowest BCUT2D eigenvalue weighted by atomic mass is 10.1. The Kier molecular flexibility index (Phi) is 4.20. The molecule has 0 bridgehead atoms. The van der Waals surface area contributed by atoms with Crippen LogP contribution in [-0.4, -0.2) is 15.5 Å². The molecule has 0 spiro atoms. The lowest BCUT2D eigenvalue weighted by Gasteiger charge is -2.11. The van der Waals surface area contributed by atoms with E-state index >= 15 is 0 Å². The minimum atomic E-state index is -0.476. The first kappa shape index (κ1) is 14.3. The Labute approximate surface area is 121 Å². The molecule has 104 valence electrons. The molecule has 1 amide bonds. The van der Waals surface area contributed by atoms with Gasteiger partial charge in [-0.25, -0.2) is 4.98 Å². The van der Waals surface area contributed by atoms with Gasteiger partial charge in [-0.2, -0.15) is 0 Å². The lowest BCUT2D eigenvalue weighted by molar-refractivity contribution is 0.100. The summed E-state index contributed by atoms with van der Waals surface area (Å²) in [4.78, 5) is 27.1. The quantitative estimate of drug-likeness (QED) is 0.869. The number of carbonyl (C=O) groups is 1. The second kappa shape index (κ2) is 5.88. The van der Waals surface area contributed by atoms with E-state index in [1.165, 1.54) is 6.07 Å². The van der Waals surface area contributed by atoms with E-state index in [4.69, 9.17) is 17.3 Å². The van der Waals surface area contributed by atoms with Crippen molar-refractivity contribution in [3.8, 4) is 0 Å². The van der Waals surface area contributed by atoms with Crippen LogP contribution in [0.15, 0.2) is 35.1 Å². The van der Waals surface area contributed by atoms with Crippen molar-refractivity contribution in [2.24, 2.45) is 5.73 Å². The molecule has 5 nitrogen and oxygen atoms in total. The highest BCUT2D eigenvalue weighted by atomic mass is 35.5. The first-order valence-electron chi connectivity index (χ1n) is 6.16. The molecule has 6 heteroatoms. The van der Waals surface area contributed by atoms with Crippen LogP contribution in [0.25, 0.3) is 0 Å². The zero-order valence-corrected chi connectivity index (χ0v) is 11.7. The Balaban J connectivity index is 2.34. The van der Waals surface area contributed by atoms with E-state index in [0.717, 1.165) is 5.56 Å². The highest BCUT2D eigenvalue weighted by Crippen LogP contribution is 2.08. The number of hydrogen-bond donors (Lipinski definition) is 1. The molecule has 0 radical (unpaired) electrons. The molecule has 0 atom stereocenters.